The van der Waals surface area contributed by atoms with Crippen LogP contribution in [0.1, 0.15) is 47.4 Å². The molecule has 4 N–H and O–H groups in total. The molecule has 10 nitrogen and oxygen atoms in total. The number of methoxy groups -OCH3 is 1. The maximum Gasteiger partial charge on any atom is 0.424 e. The molecule has 2 aliphatic rings. The molecular weight excluding hydrogens is 657 g/mol. The van der Waals surface area contributed by atoms with Crippen LogP contribution in [-0.4, -0.2) is 58.1 Å². The summed E-state index contributed by atoms with van der Waals surface area (Å²) in [5.74, 6) is -2.95. The average Bonchev–Trinajstić information content (AvgIpc) is 3.67. The third-order valence-corrected chi connectivity index (χ3v) is 9.00. The monoisotopic (exact) mass is 681 g/mol. The largest absolute Gasteiger partial charge is 0.494 e. The summed E-state index contributed by atoms with van der Waals surface area (Å²) in [5.41, 5.74) is -1.66. The van der Waals surface area contributed by atoms with E-state index in [1.165, 1.54) is 26.2 Å². The Balaban J connectivity index is 1.43. The first-order valence-corrected chi connectivity index (χ1v) is 14.6. The van der Waals surface area contributed by atoms with Gasteiger partial charge in [0.1, 0.15) is 40.5 Å². The molecule has 3 heterocycles. The van der Waals surface area contributed by atoms with Crippen LogP contribution in [0.3, 0.4) is 0 Å². The summed E-state index contributed by atoms with van der Waals surface area (Å²) in [7, 11) is 1.37. The van der Waals surface area contributed by atoms with Gasteiger partial charge in [0.05, 0.1) is 35.4 Å². The Hall–Kier alpha value is -4.14. The summed E-state index contributed by atoms with van der Waals surface area (Å²) in [6.07, 6.45) is -1.83. The third-order valence-electron chi connectivity index (χ3n) is 8.27. The third kappa shape index (κ3) is 5.17. The van der Waals surface area contributed by atoms with E-state index < -0.39 is 64.9 Å². The molecule has 2 amide bonds. The summed E-state index contributed by atoms with van der Waals surface area (Å²) >= 11 is 12.0. The van der Waals surface area contributed by atoms with Crippen molar-refractivity contribution < 1.29 is 41.7 Å². The van der Waals surface area contributed by atoms with Gasteiger partial charge < -0.3 is 25.6 Å². The van der Waals surface area contributed by atoms with Gasteiger partial charge in [-0.15, -0.1) is 0 Å². The van der Waals surface area contributed by atoms with Gasteiger partial charge in [0.2, 0.25) is 11.5 Å². The highest BCUT2D eigenvalue weighted by atomic mass is 35.5. The first kappa shape index (κ1) is 31.8. The van der Waals surface area contributed by atoms with E-state index in [0.717, 1.165) is 31.0 Å². The molecule has 0 bridgehead atoms. The van der Waals surface area contributed by atoms with Crippen LogP contribution in [0.5, 0.6) is 11.5 Å². The number of fused-ring (bicyclic) bond motifs is 2. The van der Waals surface area contributed by atoms with Crippen molar-refractivity contribution in [2.24, 2.45) is 5.73 Å². The molecule has 46 heavy (non-hydrogen) atoms. The first-order chi connectivity index (χ1) is 21.6. The van der Waals surface area contributed by atoms with Crippen LogP contribution < -0.4 is 20.5 Å². The number of amides is 2. The van der Waals surface area contributed by atoms with Crippen LogP contribution in [0.2, 0.25) is 10.0 Å². The molecule has 2 atom stereocenters. The molecule has 1 aliphatic heterocycles. The lowest BCUT2D eigenvalue weighted by atomic mass is 9.81. The van der Waals surface area contributed by atoms with Crippen LogP contribution >= 0.6 is 23.2 Å². The number of halogens is 6. The molecular formula is C30H25Cl2F4N5O5. The summed E-state index contributed by atoms with van der Waals surface area (Å²) in [4.78, 5) is 29.7. The molecule has 0 spiro atoms. The number of nitrogens with one attached hydrogen (secondary N) is 1. The molecule has 0 saturated heterocycles. The average molecular weight is 682 g/mol. The number of carbonyl (C=O) groups is 2. The van der Waals surface area contributed by atoms with Crippen molar-refractivity contribution in [1.82, 2.24) is 20.1 Å². The minimum Gasteiger partial charge on any atom is -0.494 e. The zero-order chi connectivity index (χ0) is 33.3. The Kier molecular flexibility index (Phi) is 7.60. The zero-order valence-corrected chi connectivity index (χ0v) is 25.6. The van der Waals surface area contributed by atoms with Crippen LogP contribution in [0.25, 0.3) is 22.2 Å². The minimum atomic E-state index is -5.44. The molecule has 1 aliphatic carbocycles. The minimum absolute atomic E-state index is 0.0561. The van der Waals surface area contributed by atoms with Crippen molar-refractivity contribution in [3.05, 3.63) is 69.2 Å². The number of hydrogen-bond acceptors (Lipinski definition) is 7. The summed E-state index contributed by atoms with van der Waals surface area (Å²) < 4.78 is 72.2. The van der Waals surface area contributed by atoms with Crippen LogP contribution in [0, 0.1) is 5.82 Å². The van der Waals surface area contributed by atoms with E-state index in [1.54, 1.807) is 10.9 Å². The molecule has 1 unspecified atom stereocenters. The van der Waals surface area contributed by atoms with Crippen LogP contribution in [-0.2, 0) is 15.8 Å². The lowest BCUT2D eigenvalue weighted by Gasteiger charge is -2.31. The standard InChI is InChI=1S/C30H25Cl2F4N5O5/c1-28(27(37)43)12-46-25-17(28)8-22(39-24(25)16-7-18(31)19(32)9-20(16)33)29(44,30(34,35)36)11-38-26(42)13-5-14-10-41(15-3-4-15)40-23(14)21(6-13)45-2/h5-10,15,44H,3-4,11-12H2,1-2H3,(H2,37,43)(H,38,42)/t28-,29?/m0/s1. The van der Waals surface area contributed by atoms with Gasteiger partial charge in [-0.25, -0.2) is 9.37 Å². The highest BCUT2D eigenvalue weighted by Crippen LogP contribution is 2.48. The molecule has 16 heteroatoms. The van der Waals surface area contributed by atoms with E-state index in [9.17, 15) is 27.9 Å². The summed E-state index contributed by atoms with van der Waals surface area (Å²) in [6, 6.07) is 5.66. The topological polar surface area (TPSA) is 142 Å². The normalized spacial score (nSPS) is 19.0. The van der Waals surface area contributed by atoms with Gasteiger partial charge in [-0.3, -0.25) is 14.3 Å². The second kappa shape index (κ2) is 11.0. The number of nitrogens with zero attached hydrogens (tertiary/aromatic N) is 3. The van der Waals surface area contributed by atoms with E-state index in [4.69, 9.17) is 38.4 Å². The highest BCUT2D eigenvalue weighted by molar-refractivity contribution is 6.42. The van der Waals surface area contributed by atoms with Crippen molar-refractivity contribution in [2.45, 2.75) is 43.0 Å². The van der Waals surface area contributed by atoms with Gasteiger partial charge in [-0.05, 0) is 50.1 Å². The molecule has 0 radical (unpaired) electrons. The van der Waals surface area contributed by atoms with Crippen molar-refractivity contribution >= 4 is 45.9 Å². The number of pyridine rings is 1. The number of alkyl halides is 3. The summed E-state index contributed by atoms with van der Waals surface area (Å²) in [6.45, 7) is -0.495. The molecule has 6 rings (SSSR count). The fraction of sp³-hybridized carbons (Fsp3) is 0.333. The number of primary amides is 1. The second-order valence-corrected chi connectivity index (χ2v) is 12.3. The zero-order valence-electron chi connectivity index (χ0n) is 24.1. The van der Waals surface area contributed by atoms with Crippen molar-refractivity contribution in [1.29, 1.82) is 0 Å². The number of ether oxygens (including phenoxy) is 2. The van der Waals surface area contributed by atoms with Crippen molar-refractivity contribution in [3.63, 3.8) is 0 Å². The molecule has 2 aromatic heterocycles. The number of hydrogen-bond donors (Lipinski definition) is 3. The Labute approximate surface area is 268 Å². The van der Waals surface area contributed by atoms with Crippen molar-refractivity contribution in [2.75, 3.05) is 20.3 Å². The van der Waals surface area contributed by atoms with E-state index in [1.807, 2.05) is 0 Å². The van der Waals surface area contributed by atoms with E-state index >= 15 is 4.39 Å². The van der Waals surface area contributed by atoms with Crippen LogP contribution in [0.15, 0.2) is 36.5 Å². The SMILES string of the molecule is COc1cc(C(=O)NCC(O)(c2cc3c(c(-c4cc(Cl)c(Cl)cc4F)n2)OC[C@]3(C)C(N)=O)C(F)(F)F)cc2cn(C3CC3)nc12. The highest BCUT2D eigenvalue weighted by Gasteiger charge is 2.58. The molecule has 1 saturated carbocycles. The first-order valence-electron chi connectivity index (χ1n) is 13.8. The maximum absolute atomic E-state index is 15.2. The molecule has 242 valence electrons. The van der Waals surface area contributed by atoms with E-state index in [-0.39, 0.29) is 38.7 Å². The Morgan fingerprint density at radius 3 is 2.52 bits per heavy atom. The quantitative estimate of drug-likeness (QED) is 0.171. The number of aromatic nitrogens is 3. The number of rotatable bonds is 8. The molecule has 4 aromatic rings. The number of nitrogens with two attached hydrogens (primary N) is 1. The van der Waals surface area contributed by atoms with Gasteiger partial charge in [0.15, 0.2) is 0 Å². The smallest absolute Gasteiger partial charge is 0.424 e. The lowest BCUT2D eigenvalue weighted by Crippen LogP contribution is -2.51. The van der Waals surface area contributed by atoms with E-state index in [0.29, 0.717) is 10.9 Å². The maximum atomic E-state index is 15.2. The molecule has 1 fully saturated rings. The predicted octanol–water partition coefficient (Wildman–Crippen LogP) is 5.20. The van der Waals surface area contributed by atoms with Gasteiger partial charge in [0, 0.05) is 28.3 Å². The van der Waals surface area contributed by atoms with Crippen molar-refractivity contribution in [3.8, 4) is 22.8 Å². The fourth-order valence-corrected chi connectivity index (χ4v) is 5.58. The van der Waals surface area contributed by atoms with Gasteiger partial charge in [-0.2, -0.15) is 18.3 Å². The van der Waals surface area contributed by atoms with E-state index in [2.05, 4.69) is 15.4 Å². The Morgan fingerprint density at radius 2 is 1.89 bits per heavy atom. The van der Waals surface area contributed by atoms with Gasteiger partial charge in [0.25, 0.3) is 5.91 Å². The molecule has 2 aromatic carbocycles. The lowest BCUT2D eigenvalue weighted by molar-refractivity contribution is -0.265. The van der Waals surface area contributed by atoms with Gasteiger partial charge >= 0.3 is 6.18 Å². The fourth-order valence-electron chi connectivity index (χ4n) is 5.27. The Bertz CT molecular complexity index is 1930. The van der Waals surface area contributed by atoms with Crippen LogP contribution in [0.4, 0.5) is 17.6 Å². The summed E-state index contributed by atoms with van der Waals surface area (Å²) in [5, 5.41) is 18.1. The second-order valence-electron chi connectivity index (χ2n) is 11.5. The van der Waals surface area contributed by atoms with Gasteiger partial charge in [-0.1, -0.05) is 23.2 Å². The Morgan fingerprint density at radius 1 is 1.20 bits per heavy atom. The number of carbonyl (C=O) groups excluding carboxylic acids is 2. The predicted molar refractivity (Wildman–Crippen MR) is 159 cm³/mol. The number of aliphatic hydroxyl groups is 1. The number of benzene rings is 2.